The topological polar surface area (TPSA) is 88.5 Å². The van der Waals surface area contributed by atoms with Crippen molar-refractivity contribution in [3.63, 3.8) is 0 Å². The average molecular weight is 553 g/mol. The lowest BCUT2D eigenvalue weighted by Gasteiger charge is -2.58. The molecule has 8 heteroatoms. The number of ether oxygens (including phenoxy) is 3. The number of fused-ring (bicyclic) bond motifs is 2. The van der Waals surface area contributed by atoms with Crippen LogP contribution in [-0.2, 0) is 19.7 Å². The summed E-state index contributed by atoms with van der Waals surface area (Å²) in [5.41, 5.74) is 3.33. The van der Waals surface area contributed by atoms with Crippen LogP contribution in [0.2, 0.25) is 0 Å². The van der Waals surface area contributed by atoms with Crippen molar-refractivity contribution in [3.8, 4) is 11.5 Å². The molecule has 3 saturated heterocycles. The van der Waals surface area contributed by atoms with E-state index in [2.05, 4.69) is 35.8 Å². The van der Waals surface area contributed by atoms with E-state index in [-0.39, 0.29) is 23.5 Å². The SMILES string of the molecule is CCC(C)(CC(C)C)C(=O)O.COc1cc2c(cc1OC)C13CCN4CC5=CCOC6CC(=O)N2C1C6C5CC43. The molecule has 0 aromatic heterocycles. The normalized spacial score (nSPS) is 34.3. The number of anilines is 1. The van der Waals surface area contributed by atoms with Gasteiger partial charge >= 0.3 is 5.97 Å². The molecule has 1 N–H and O–H groups in total. The molecule has 1 aromatic carbocycles. The molecule has 1 aliphatic carbocycles. The van der Waals surface area contributed by atoms with Gasteiger partial charge in [-0.1, -0.05) is 32.4 Å². The summed E-state index contributed by atoms with van der Waals surface area (Å²) in [7, 11) is 3.36. The molecule has 5 heterocycles. The molecule has 8 nitrogen and oxygen atoms in total. The van der Waals surface area contributed by atoms with Crippen molar-refractivity contribution in [1.82, 2.24) is 4.90 Å². The van der Waals surface area contributed by atoms with Gasteiger partial charge in [-0.2, -0.15) is 0 Å². The molecule has 7 rings (SSSR count). The molecule has 7 unspecified atom stereocenters. The molecule has 1 saturated carbocycles. The van der Waals surface area contributed by atoms with E-state index in [0.717, 1.165) is 37.4 Å². The molecule has 0 radical (unpaired) electrons. The van der Waals surface area contributed by atoms with Crippen LogP contribution in [-0.4, -0.2) is 74.0 Å². The molecule has 1 spiro atoms. The van der Waals surface area contributed by atoms with Crippen molar-refractivity contribution in [2.75, 3.05) is 38.8 Å². The molecule has 40 heavy (non-hydrogen) atoms. The van der Waals surface area contributed by atoms with Crippen LogP contribution in [0.25, 0.3) is 0 Å². The summed E-state index contributed by atoms with van der Waals surface area (Å²) in [6.45, 7) is 10.7. The van der Waals surface area contributed by atoms with Gasteiger partial charge in [0.1, 0.15) is 0 Å². The second-order valence-electron chi connectivity index (χ2n) is 13.3. The summed E-state index contributed by atoms with van der Waals surface area (Å²) in [5.74, 6) is 2.36. The number of piperidine rings is 2. The maximum atomic E-state index is 13.5. The molecule has 1 aromatic rings. The van der Waals surface area contributed by atoms with Gasteiger partial charge in [-0.05, 0) is 62.6 Å². The highest BCUT2D eigenvalue weighted by Gasteiger charge is 2.71. The third-order valence-electron chi connectivity index (χ3n) is 11.0. The number of amides is 1. The van der Waals surface area contributed by atoms with Crippen molar-refractivity contribution in [3.05, 3.63) is 29.3 Å². The summed E-state index contributed by atoms with van der Waals surface area (Å²) in [4.78, 5) is 29.1. The van der Waals surface area contributed by atoms with E-state index in [4.69, 9.17) is 19.3 Å². The Kier molecular flexibility index (Phi) is 6.73. The van der Waals surface area contributed by atoms with Gasteiger partial charge in [0.2, 0.25) is 5.91 Å². The number of aliphatic carboxylic acids is 1. The predicted octanol–water partition coefficient (Wildman–Crippen LogP) is 4.64. The van der Waals surface area contributed by atoms with Crippen molar-refractivity contribution in [1.29, 1.82) is 0 Å². The Morgan fingerprint density at radius 2 is 1.98 bits per heavy atom. The first kappa shape index (κ1) is 27.6. The fourth-order valence-electron chi connectivity index (χ4n) is 9.16. The number of carboxylic acid groups (broad SMARTS) is 1. The minimum atomic E-state index is -0.672. The van der Waals surface area contributed by atoms with Gasteiger partial charge in [0.15, 0.2) is 11.5 Å². The smallest absolute Gasteiger partial charge is 0.309 e. The number of carbonyl (C=O) groups is 2. The van der Waals surface area contributed by atoms with Gasteiger partial charge in [-0.15, -0.1) is 0 Å². The number of hydrogen-bond acceptors (Lipinski definition) is 6. The number of carboxylic acids is 1. The lowest BCUT2D eigenvalue weighted by molar-refractivity contribution is -0.149. The van der Waals surface area contributed by atoms with E-state index >= 15 is 0 Å². The van der Waals surface area contributed by atoms with Crippen LogP contribution in [0.15, 0.2) is 23.8 Å². The van der Waals surface area contributed by atoms with E-state index in [9.17, 15) is 9.59 Å². The first-order valence-electron chi connectivity index (χ1n) is 15.0. The second-order valence-corrected chi connectivity index (χ2v) is 13.3. The van der Waals surface area contributed by atoms with Crippen molar-refractivity contribution < 1.29 is 28.9 Å². The number of nitrogens with zero attached hydrogens (tertiary/aromatic N) is 2. The maximum Gasteiger partial charge on any atom is 0.309 e. The van der Waals surface area contributed by atoms with Crippen LogP contribution in [0.3, 0.4) is 0 Å². The minimum absolute atomic E-state index is 0.0242. The number of carbonyl (C=O) groups excluding carboxylic acids is 1. The molecule has 5 aliphatic heterocycles. The van der Waals surface area contributed by atoms with Crippen LogP contribution in [0.5, 0.6) is 11.5 Å². The van der Waals surface area contributed by atoms with Crippen LogP contribution >= 0.6 is 0 Å². The number of methoxy groups -OCH3 is 2. The van der Waals surface area contributed by atoms with Crippen LogP contribution in [0, 0.1) is 23.2 Å². The van der Waals surface area contributed by atoms with Gasteiger partial charge in [-0.3, -0.25) is 14.5 Å². The molecular formula is C32H44N2O6. The molecule has 6 aliphatic rings. The second kappa shape index (κ2) is 9.76. The fourth-order valence-corrected chi connectivity index (χ4v) is 9.16. The van der Waals surface area contributed by atoms with Gasteiger partial charge in [-0.25, -0.2) is 0 Å². The third-order valence-corrected chi connectivity index (χ3v) is 11.0. The van der Waals surface area contributed by atoms with Gasteiger partial charge in [0.05, 0.1) is 50.5 Å². The Labute approximate surface area is 237 Å². The first-order valence-corrected chi connectivity index (χ1v) is 15.0. The van der Waals surface area contributed by atoms with E-state index in [0.29, 0.717) is 49.0 Å². The van der Waals surface area contributed by atoms with Gasteiger partial charge in [0.25, 0.3) is 0 Å². The zero-order valence-corrected chi connectivity index (χ0v) is 24.7. The average Bonchev–Trinajstić information content (AvgIpc) is 3.39. The number of benzene rings is 1. The summed E-state index contributed by atoms with van der Waals surface area (Å²) >= 11 is 0. The highest BCUT2D eigenvalue weighted by atomic mass is 16.5. The molecule has 1 amide bonds. The maximum absolute atomic E-state index is 13.5. The van der Waals surface area contributed by atoms with Crippen LogP contribution < -0.4 is 14.4 Å². The Hall–Kier alpha value is -2.58. The highest BCUT2D eigenvalue weighted by molar-refractivity contribution is 5.99. The molecular weight excluding hydrogens is 508 g/mol. The summed E-state index contributed by atoms with van der Waals surface area (Å²) in [5, 5.41) is 8.88. The van der Waals surface area contributed by atoms with Crippen LogP contribution in [0.1, 0.15) is 65.4 Å². The first-order chi connectivity index (χ1) is 19.1. The number of rotatable bonds is 6. The summed E-state index contributed by atoms with van der Waals surface area (Å²) in [6, 6.07) is 4.87. The quantitative estimate of drug-likeness (QED) is 0.514. The third kappa shape index (κ3) is 3.78. The van der Waals surface area contributed by atoms with E-state index in [1.54, 1.807) is 19.8 Å². The minimum Gasteiger partial charge on any atom is -0.493 e. The van der Waals surface area contributed by atoms with E-state index in [1.165, 1.54) is 12.0 Å². The zero-order valence-electron chi connectivity index (χ0n) is 24.7. The monoisotopic (exact) mass is 552 g/mol. The van der Waals surface area contributed by atoms with Crippen molar-refractivity contribution in [2.24, 2.45) is 23.2 Å². The Bertz CT molecular complexity index is 1240. The highest BCUT2D eigenvalue weighted by Crippen LogP contribution is 2.66. The predicted molar refractivity (Wildman–Crippen MR) is 152 cm³/mol. The lowest BCUT2D eigenvalue weighted by atomic mass is 9.53. The Balaban J connectivity index is 0.000000227. The lowest BCUT2D eigenvalue weighted by Crippen LogP contribution is -2.69. The van der Waals surface area contributed by atoms with Crippen LogP contribution in [0.4, 0.5) is 5.69 Å². The molecule has 218 valence electrons. The summed E-state index contributed by atoms with van der Waals surface area (Å²) in [6.07, 6.45) is 6.58. The van der Waals surface area contributed by atoms with Gasteiger partial charge < -0.3 is 24.2 Å². The number of hydrogen-bond donors (Lipinski definition) is 1. The van der Waals surface area contributed by atoms with Gasteiger partial charge in [0, 0.05) is 30.0 Å². The van der Waals surface area contributed by atoms with E-state index in [1.807, 2.05) is 19.9 Å². The largest absolute Gasteiger partial charge is 0.493 e. The van der Waals surface area contributed by atoms with E-state index < -0.39 is 11.4 Å². The van der Waals surface area contributed by atoms with Crippen molar-refractivity contribution >= 4 is 17.6 Å². The Morgan fingerprint density at radius 3 is 2.60 bits per heavy atom. The fraction of sp³-hybridized carbons (Fsp3) is 0.688. The van der Waals surface area contributed by atoms with Crippen molar-refractivity contribution in [2.45, 2.75) is 83.4 Å². The zero-order chi connectivity index (χ0) is 28.6. The molecule has 2 bridgehead atoms. The standard InChI is InChI=1S/C23H26N2O4.C9H18O2/c1-27-16-8-14-15(9-17(16)28-2)25-20(26)10-18-21-13-7-19-23(14,22(21)25)4-5-24(19)11-12(13)3-6-29-18;1-5-9(4,8(10)11)6-7(2)3/h3,8-9,13,18-19,21-22H,4-7,10-11H2,1-2H3;7H,5-6H2,1-4H3,(H,10,11). The Morgan fingerprint density at radius 1 is 1.25 bits per heavy atom. The summed E-state index contributed by atoms with van der Waals surface area (Å²) < 4.78 is 17.6. The molecule has 4 fully saturated rings. The molecule has 7 atom stereocenters.